The van der Waals surface area contributed by atoms with Crippen molar-refractivity contribution in [3.63, 3.8) is 0 Å². The molecule has 20 heavy (non-hydrogen) atoms. The van der Waals surface area contributed by atoms with Gasteiger partial charge in [0.1, 0.15) is 0 Å². The van der Waals surface area contributed by atoms with Gasteiger partial charge in [-0.1, -0.05) is 6.92 Å². The molecule has 0 amide bonds. The quantitative estimate of drug-likeness (QED) is 0.806. The molecule has 3 nitrogen and oxygen atoms in total. The van der Waals surface area contributed by atoms with Crippen LogP contribution in [0.4, 0.5) is 5.69 Å². The van der Waals surface area contributed by atoms with Crippen molar-refractivity contribution in [2.24, 2.45) is 0 Å². The minimum absolute atomic E-state index is 0.210. The first kappa shape index (κ1) is 14.3. The second-order valence-electron chi connectivity index (χ2n) is 4.91. The Morgan fingerprint density at radius 3 is 2.60 bits per heavy atom. The fourth-order valence-corrected chi connectivity index (χ4v) is 2.02. The Balaban J connectivity index is 1.98. The van der Waals surface area contributed by atoms with Gasteiger partial charge >= 0.3 is 0 Å². The molecule has 0 aliphatic rings. The summed E-state index contributed by atoms with van der Waals surface area (Å²) in [5, 5.41) is 3.35. The number of benzene rings is 1. The van der Waals surface area contributed by atoms with Gasteiger partial charge in [0.15, 0.2) is 5.78 Å². The minimum atomic E-state index is 0.210. The molecule has 3 heteroatoms. The molecule has 0 unspecified atom stereocenters. The highest BCUT2D eigenvalue weighted by Crippen LogP contribution is 2.14. The Morgan fingerprint density at radius 1 is 1.20 bits per heavy atom. The molecule has 1 aromatic heterocycles. The number of Topliss-reactive ketones (excluding diaryl/α,β-unsaturated/α-hetero) is 1. The molecule has 1 aromatic carbocycles. The number of aryl methyl sites for hydroxylation is 1. The van der Waals surface area contributed by atoms with Gasteiger partial charge in [-0.25, -0.2) is 0 Å². The molecule has 0 atom stereocenters. The van der Waals surface area contributed by atoms with Crippen LogP contribution in [0.25, 0.3) is 0 Å². The van der Waals surface area contributed by atoms with Gasteiger partial charge in [-0.05, 0) is 54.8 Å². The fraction of sp³-hybridized carbons (Fsp3) is 0.294. The standard InChI is InChI=1S/C17H20N2O/c1-3-4-17(20)14-5-7-16(8-6-14)19-12-15-11-18-10-9-13(15)2/h5-11,19H,3-4,12H2,1-2H3. The van der Waals surface area contributed by atoms with E-state index < -0.39 is 0 Å². The molecule has 2 rings (SSSR count). The van der Waals surface area contributed by atoms with Gasteiger partial charge in [-0.3, -0.25) is 9.78 Å². The second-order valence-corrected chi connectivity index (χ2v) is 4.91. The van der Waals surface area contributed by atoms with Crippen LogP contribution in [0, 0.1) is 6.92 Å². The van der Waals surface area contributed by atoms with Crippen LogP contribution in [-0.2, 0) is 6.54 Å². The summed E-state index contributed by atoms with van der Waals surface area (Å²) in [6, 6.07) is 9.68. The van der Waals surface area contributed by atoms with Gasteiger partial charge in [-0.2, -0.15) is 0 Å². The molecule has 0 fully saturated rings. The summed E-state index contributed by atoms with van der Waals surface area (Å²) in [6.45, 7) is 4.83. The zero-order valence-electron chi connectivity index (χ0n) is 12.0. The lowest BCUT2D eigenvalue weighted by atomic mass is 10.1. The van der Waals surface area contributed by atoms with Gasteiger partial charge in [0, 0.05) is 36.6 Å². The number of carbonyl (C=O) groups is 1. The van der Waals surface area contributed by atoms with Crippen molar-refractivity contribution in [2.75, 3.05) is 5.32 Å². The number of nitrogens with one attached hydrogen (secondary N) is 1. The van der Waals surface area contributed by atoms with Crippen LogP contribution >= 0.6 is 0 Å². The van der Waals surface area contributed by atoms with E-state index in [0.717, 1.165) is 24.2 Å². The second kappa shape index (κ2) is 6.85. The summed E-state index contributed by atoms with van der Waals surface area (Å²) < 4.78 is 0. The molecular formula is C17H20N2O. The maximum absolute atomic E-state index is 11.8. The molecule has 0 radical (unpaired) electrons. The van der Waals surface area contributed by atoms with Gasteiger partial charge in [-0.15, -0.1) is 0 Å². The SMILES string of the molecule is CCCC(=O)c1ccc(NCc2cnccc2C)cc1. The molecule has 104 valence electrons. The first-order valence-electron chi connectivity index (χ1n) is 6.97. The Hall–Kier alpha value is -2.16. The zero-order valence-corrected chi connectivity index (χ0v) is 12.0. The van der Waals surface area contributed by atoms with E-state index in [2.05, 4.69) is 17.2 Å². The van der Waals surface area contributed by atoms with Crippen LogP contribution in [-0.4, -0.2) is 10.8 Å². The number of ketones is 1. The molecule has 0 spiro atoms. The summed E-state index contributed by atoms with van der Waals surface area (Å²) in [7, 11) is 0. The predicted octanol–water partition coefficient (Wildman–Crippen LogP) is 3.98. The van der Waals surface area contributed by atoms with Crippen molar-refractivity contribution in [3.8, 4) is 0 Å². The summed E-state index contributed by atoms with van der Waals surface area (Å²) in [5.41, 5.74) is 4.21. The summed E-state index contributed by atoms with van der Waals surface area (Å²) in [5.74, 6) is 0.210. The number of nitrogens with zero attached hydrogens (tertiary/aromatic N) is 1. The normalized spacial score (nSPS) is 10.3. The molecule has 1 heterocycles. The van der Waals surface area contributed by atoms with E-state index in [9.17, 15) is 4.79 Å². The summed E-state index contributed by atoms with van der Waals surface area (Å²) in [4.78, 5) is 15.9. The first-order valence-corrected chi connectivity index (χ1v) is 6.97. The van der Waals surface area contributed by atoms with Crippen LogP contribution in [0.15, 0.2) is 42.7 Å². The number of hydrogen-bond acceptors (Lipinski definition) is 3. The van der Waals surface area contributed by atoms with E-state index in [1.165, 1.54) is 11.1 Å². The highest BCUT2D eigenvalue weighted by atomic mass is 16.1. The Bertz CT molecular complexity index is 576. The lowest BCUT2D eigenvalue weighted by molar-refractivity contribution is 0.0982. The van der Waals surface area contributed by atoms with Crippen LogP contribution in [0.3, 0.4) is 0 Å². The third-order valence-corrected chi connectivity index (χ3v) is 3.31. The topological polar surface area (TPSA) is 42.0 Å². The minimum Gasteiger partial charge on any atom is -0.381 e. The van der Waals surface area contributed by atoms with Crippen LogP contribution in [0.2, 0.25) is 0 Å². The first-order chi connectivity index (χ1) is 9.70. The van der Waals surface area contributed by atoms with E-state index >= 15 is 0 Å². The lowest BCUT2D eigenvalue weighted by Gasteiger charge is -2.09. The van der Waals surface area contributed by atoms with Crippen LogP contribution in [0.1, 0.15) is 41.3 Å². The number of pyridine rings is 1. The van der Waals surface area contributed by atoms with E-state index in [4.69, 9.17) is 0 Å². The smallest absolute Gasteiger partial charge is 0.162 e. The van der Waals surface area contributed by atoms with Crippen molar-refractivity contribution < 1.29 is 4.79 Å². The van der Waals surface area contributed by atoms with Crippen molar-refractivity contribution in [2.45, 2.75) is 33.2 Å². The van der Waals surface area contributed by atoms with Crippen LogP contribution < -0.4 is 5.32 Å². The Morgan fingerprint density at radius 2 is 1.95 bits per heavy atom. The van der Waals surface area contributed by atoms with E-state index in [1.807, 2.05) is 43.5 Å². The predicted molar refractivity (Wildman–Crippen MR) is 82.0 cm³/mol. The van der Waals surface area contributed by atoms with E-state index in [1.54, 1.807) is 6.20 Å². The van der Waals surface area contributed by atoms with E-state index in [0.29, 0.717) is 6.42 Å². The molecule has 1 N–H and O–H groups in total. The van der Waals surface area contributed by atoms with Crippen molar-refractivity contribution in [3.05, 3.63) is 59.4 Å². The lowest BCUT2D eigenvalue weighted by Crippen LogP contribution is -2.03. The maximum atomic E-state index is 11.8. The molecule has 0 aliphatic carbocycles. The zero-order chi connectivity index (χ0) is 14.4. The maximum Gasteiger partial charge on any atom is 0.162 e. The average molecular weight is 268 g/mol. The van der Waals surface area contributed by atoms with Crippen LogP contribution in [0.5, 0.6) is 0 Å². The molecule has 0 bridgehead atoms. The highest BCUT2D eigenvalue weighted by Gasteiger charge is 2.04. The largest absolute Gasteiger partial charge is 0.381 e. The summed E-state index contributed by atoms with van der Waals surface area (Å²) in [6.07, 6.45) is 5.18. The third kappa shape index (κ3) is 3.67. The molecule has 0 saturated heterocycles. The molecular weight excluding hydrogens is 248 g/mol. The number of hydrogen-bond donors (Lipinski definition) is 1. The molecule has 0 aliphatic heterocycles. The number of anilines is 1. The van der Waals surface area contributed by atoms with Gasteiger partial charge in [0.25, 0.3) is 0 Å². The molecule has 2 aromatic rings. The average Bonchev–Trinajstić information content (AvgIpc) is 2.47. The van der Waals surface area contributed by atoms with Crippen molar-refractivity contribution in [1.29, 1.82) is 0 Å². The number of carbonyl (C=O) groups excluding carboxylic acids is 1. The van der Waals surface area contributed by atoms with Crippen molar-refractivity contribution >= 4 is 11.5 Å². The van der Waals surface area contributed by atoms with Gasteiger partial charge in [0.2, 0.25) is 0 Å². The Labute approximate surface area is 120 Å². The van der Waals surface area contributed by atoms with Gasteiger partial charge < -0.3 is 5.32 Å². The number of aromatic nitrogens is 1. The third-order valence-electron chi connectivity index (χ3n) is 3.31. The fourth-order valence-electron chi connectivity index (χ4n) is 2.02. The monoisotopic (exact) mass is 268 g/mol. The van der Waals surface area contributed by atoms with Crippen molar-refractivity contribution in [1.82, 2.24) is 4.98 Å². The van der Waals surface area contributed by atoms with Gasteiger partial charge in [0.05, 0.1) is 0 Å². The summed E-state index contributed by atoms with van der Waals surface area (Å²) >= 11 is 0. The Kier molecular flexibility index (Phi) is 4.88. The molecule has 0 saturated carbocycles. The highest BCUT2D eigenvalue weighted by molar-refractivity contribution is 5.96. The number of rotatable bonds is 6. The van der Waals surface area contributed by atoms with E-state index in [-0.39, 0.29) is 5.78 Å².